The Hall–Kier alpha value is -3.77. The Bertz CT molecular complexity index is 1480. The van der Waals surface area contributed by atoms with Gasteiger partial charge in [-0.3, -0.25) is 19.4 Å². The lowest BCUT2D eigenvalue weighted by Crippen LogP contribution is -2.43. The van der Waals surface area contributed by atoms with E-state index in [1.165, 1.54) is 18.3 Å². The summed E-state index contributed by atoms with van der Waals surface area (Å²) < 4.78 is 37.5. The number of nitrogens with two attached hydrogens (primary N) is 1. The van der Waals surface area contributed by atoms with Crippen molar-refractivity contribution in [1.29, 1.82) is 0 Å². The molecule has 4 rings (SSSR count). The van der Waals surface area contributed by atoms with Crippen LogP contribution < -0.4 is 10.6 Å². The number of fused-ring (bicyclic) bond motifs is 1. The number of amides is 2. The first kappa shape index (κ1) is 24.4. The summed E-state index contributed by atoms with van der Waals surface area (Å²) in [5.41, 5.74) is 7.71. The molecule has 35 heavy (non-hydrogen) atoms. The van der Waals surface area contributed by atoms with E-state index in [-0.39, 0.29) is 28.7 Å². The van der Waals surface area contributed by atoms with E-state index in [1.807, 2.05) is 0 Å². The number of carbonyl (C=O) groups excluding carboxylic acids is 3. The minimum Gasteiger partial charge on any atom is -0.384 e. The highest BCUT2D eigenvalue weighted by Gasteiger charge is 2.33. The number of rotatable bonds is 7. The minimum atomic E-state index is -3.94. The summed E-state index contributed by atoms with van der Waals surface area (Å²) in [6.45, 7) is 0. The van der Waals surface area contributed by atoms with Crippen LogP contribution in [0.1, 0.15) is 27.0 Å². The number of imide groups is 1. The number of halogens is 1. The van der Waals surface area contributed by atoms with Crippen LogP contribution >= 0.6 is 11.3 Å². The number of Topliss-reactive ketones (excluding diaryl/α,β-unsaturated/α-hetero) is 1. The van der Waals surface area contributed by atoms with Gasteiger partial charge in [-0.05, 0) is 41.5 Å². The van der Waals surface area contributed by atoms with Crippen LogP contribution in [0, 0.1) is 5.13 Å². The van der Waals surface area contributed by atoms with Gasteiger partial charge in [-0.25, -0.2) is 18.3 Å². The first-order valence-corrected chi connectivity index (χ1v) is 12.7. The zero-order valence-corrected chi connectivity index (χ0v) is 20.0. The molecule has 0 spiro atoms. The van der Waals surface area contributed by atoms with Gasteiger partial charge in [0.05, 0.1) is 6.42 Å². The molecule has 1 aliphatic rings. The van der Waals surface area contributed by atoms with Crippen molar-refractivity contribution in [3.63, 3.8) is 0 Å². The maximum Gasteiger partial charge on any atom is 0.266 e. The van der Waals surface area contributed by atoms with Gasteiger partial charge in [0.15, 0.2) is 20.8 Å². The lowest BCUT2D eigenvalue weighted by atomic mass is 9.95. The zero-order valence-electron chi connectivity index (χ0n) is 18.4. The van der Waals surface area contributed by atoms with Crippen LogP contribution in [-0.4, -0.2) is 49.6 Å². The summed E-state index contributed by atoms with van der Waals surface area (Å²) in [5.74, 6) is -2.01. The molecular weight excluding hydrogens is 495 g/mol. The number of nitrogens with zero attached hydrogens (tertiary/aromatic N) is 3. The van der Waals surface area contributed by atoms with Crippen LogP contribution in [0.3, 0.4) is 0 Å². The van der Waals surface area contributed by atoms with Gasteiger partial charge in [0.1, 0.15) is 21.6 Å². The van der Waals surface area contributed by atoms with Crippen molar-refractivity contribution in [2.45, 2.75) is 17.1 Å². The first-order valence-electron chi connectivity index (χ1n) is 10.3. The molecule has 12 heteroatoms. The molecule has 2 N–H and O–H groups in total. The average Bonchev–Trinajstić information content (AvgIpc) is 3.26. The van der Waals surface area contributed by atoms with Gasteiger partial charge >= 0.3 is 0 Å². The van der Waals surface area contributed by atoms with Gasteiger partial charge in [0, 0.05) is 30.8 Å². The number of benzene rings is 1. The predicted octanol–water partition coefficient (Wildman–Crippen LogP) is 1.93. The smallest absolute Gasteiger partial charge is 0.266 e. The number of anilines is 1. The van der Waals surface area contributed by atoms with Crippen LogP contribution in [0.25, 0.3) is 0 Å². The Morgan fingerprint density at radius 1 is 1.20 bits per heavy atom. The van der Waals surface area contributed by atoms with Crippen LogP contribution in [0.4, 0.5) is 10.2 Å². The number of pyridine rings is 1. The molecule has 9 nitrogen and oxygen atoms in total. The second-order valence-corrected chi connectivity index (χ2v) is 11.0. The van der Waals surface area contributed by atoms with Crippen molar-refractivity contribution in [2.24, 2.45) is 10.7 Å². The third-order valence-corrected chi connectivity index (χ3v) is 8.44. The van der Waals surface area contributed by atoms with Crippen molar-refractivity contribution in [3.05, 3.63) is 76.0 Å². The molecule has 1 aliphatic heterocycles. The first-order chi connectivity index (χ1) is 16.6. The molecule has 0 saturated heterocycles. The number of thiophene rings is 1. The molecule has 0 unspecified atom stereocenters. The number of amidine groups is 1. The van der Waals surface area contributed by atoms with Crippen LogP contribution in [0.15, 0.2) is 57.9 Å². The van der Waals surface area contributed by atoms with E-state index in [1.54, 1.807) is 25.2 Å². The lowest BCUT2D eigenvalue weighted by molar-refractivity contribution is -0.118. The van der Waals surface area contributed by atoms with Gasteiger partial charge in [0.25, 0.3) is 5.91 Å². The van der Waals surface area contributed by atoms with Crippen molar-refractivity contribution < 1.29 is 27.2 Å². The van der Waals surface area contributed by atoms with Gasteiger partial charge in [-0.15, -0.1) is 0 Å². The van der Waals surface area contributed by atoms with Crippen molar-refractivity contribution in [1.82, 2.24) is 4.98 Å². The topological polar surface area (TPSA) is 140 Å². The quantitative estimate of drug-likeness (QED) is 0.289. The Morgan fingerprint density at radius 2 is 1.97 bits per heavy atom. The molecule has 3 heterocycles. The highest BCUT2D eigenvalue weighted by molar-refractivity contribution is 7.94. The molecule has 0 saturated carbocycles. The second kappa shape index (κ2) is 9.47. The number of hydrogen-bond donors (Lipinski definition) is 1. The fourth-order valence-corrected chi connectivity index (χ4v) is 5.96. The molecule has 0 aliphatic carbocycles. The molecular formula is C23H19FN4O5S2. The Kier molecular flexibility index (Phi) is 6.59. The van der Waals surface area contributed by atoms with Crippen LogP contribution in [0.5, 0.6) is 0 Å². The average molecular weight is 515 g/mol. The summed E-state index contributed by atoms with van der Waals surface area (Å²) in [4.78, 5) is 47.0. The predicted molar refractivity (Wildman–Crippen MR) is 128 cm³/mol. The molecule has 2 aromatic heterocycles. The van der Waals surface area contributed by atoms with Crippen LogP contribution in [-0.2, 0) is 32.3 Å². The Labute approximate surface area is 204 Å². The number of ketones is 1. The summed E-state index contributed by atoms with van der Waals surface area (Å²) in [7, 11) is -2.40. The Balaban J connectivity index is 1.48. The third kappa shape index (κ3) is 5.03. The standard InChI is InChI=1S/C23H19FN4O5S2/c1-26-22(25)14-3-4-17-15(9-14)10-20(30)28(23(17)31)19-6-2-13(11-27-19)8-16(29)12-35(32,33)21-7-5-18(24)34-21/h2-7,9,11H,8,10,12H2,1H3,(H2,25,26). The monoisotopic (exact) mass is 514 g/mol. The lowest BCUT2D eigenvalue weighted by Gasteiger charge is -2.26. The maximum atomic E-state index is 13.1. The highest BCUT2D eigenvalue weighted by atomic mass is 32.2. The number of aromatic nitrogens is 1. The van der Waals surface area contributed by atoms with E-state index in [2.05, 4.69) is 9.98 Å². The fraction of sp³-hybridized carbons (Fsp3) is 0.174. The van der Waals surface area contributed by atoms with E-state index in [0.29, 0.717) is 33.6 Å². The van der Waals surface area contributed by atoms with Crippen LogP contribution in [0.2, 0.25) is 0 Å². The largest absolute Gasteiger partial charge is 0.384 e. The maximum absolute atomic E-state index is 13.1. The molecule has 180 valence electrons. The van der Waals surface area contributed by atoms with Gasteiger partial charge < -0.3 is 5.73 Å². The SMILES string of the molecule is CN=C(N)c1ccc2c(c1)CC(=O)N(c1ccc(CC(=O)CS(=O)(=O)c3ccc(F)s3)cn1)C2=O. The van der Waals surface area contributed by atoms with E-state index in [0.717, 1.165) is 17.0 Å². The number of sulfone groups is 1. The third-order valence-electron chi connectivity index (χ3n) is 5.31. The zero-order chi connectivity index (χ0) is 25.3. The summed E-state index contributed by atoms with van der Waals surface area (Å²) in [6, 6.07) is 9.95. The molecule has 0 radical (unpaired) electrons. The molecule has 0 fully saturated rings. The van der Waals surface area contributed by atoms with Gasteiger partial charge in [-0.2, -0.15) is 4.39 Å². The molecule has 3 aromatic rings. The molecule has 0 bridgehead atoms. The minimum absolute atomic E-state index is 0.0327. The van der Waals surface area contributed by atoms with E-state index >= 15 is 0 Å². The summed E-state index contributed by atoms with van der Waals surface area (Å²) in [6.07, 6.45) is 1.05. The number of aliphatic imine (C=N–C) groups is 1. The number of carbonyl (C=O) groups is 3. The normalized spacial score (nSPS) is 14.2. The summed E-state index contributed by atoms with van der Waals surface area (Å²) >= 11 is 0.459. The molecule has 1 aromatic carbocycles. The summed E-state index contributed by atoms with van der Waals surface area (Å²) in [5, 5.41) is -0.653. The van der Waals surface area contributed by atoms with E-state index < -0.39 is 38.3 Å². The van der Waals surface area contributed by atoms with Crippen molar-refractivity contribution >= 4 is 50.4 Å². The number of hydrogen-bond acceptors (Lipinski definition) is 8. The second-order valence-electron chi connectivity index (χ2n) is 7.75. The van der Waals surface area contributed by atoms with Crippen molar-refractivity contribution in [3.8, 4) is 0 Å². The molecule has 0 atom stereocenters. The van der Waals surface area contributed by atoms with Crippen molar-refractivity contribution in [2.75, 3.05) is 17.7 Å². The Morgan fingerprint density at radius 3 is 2.60 bits per heavy atom. The van der Waals surface area contributed by atoms with E-state index in [4.69, 9.17) is 5.73 Å². The van der Waals surface area contributed by atoms with Gasteiger partial charge in [0.2, 0.25) is 5.91 Å². The molecule has 2 amide bonds. The van der Waals surface area contributed by atoms with E-state index in [9.17, 15) is 27.2 Å². The fourth-order valence-electron chi connectivity index (χ4n) is 3.62. The van der Waals surface area contributed by atoms with Gasteiger partial charge in [-0.1, -0.05) is 23.5 Å². The highest BCUT2D eigenvalue weighted by Crippen LogP contribution is 2.26.